The quantitative estimate of drug-likeness (QED) is 0.124. The summed E-state index contributed by atoms with van der Waals surface area (Å²) < 4.78 is 37.8. The number of nitro benzene ring substituents is 1. The molecule has 2 aromatic heterocycles. The normalized spacial score (nSPS) is 15.2. The zero-order chi connectivity index (χ0) is 30.2. The maximum Gasteiger partial charge on any atom is 0.339 e. The summed E-state index contributed by atoms with van der Waals surface area (Å²) in [6.45, 7) is 5.12. The lowest BCUT2D eigenvalue weighted by Gasteiger charge is -2.23. The monoisotopic (exact) mass is 625 g/mol. The molecule has 0 N–H and O–H groups in total. The molecule has 4 aromatic rings. The first-order valence-corrected chi connectivity index (χ1v) is 15.6. The first kappa shape index (κ1) is 29.1. The average molecular weight is 626 g/mol. The van der Waals surface area contributed by atoms with E-state index >= 15 is 0 Å². The summed E-state index contributed by atoms with van der Waals surface area (Å²) in [5.41, 5.74) is 1.02. The molecule has 216 valence electrons. The third kappa shape index (κ3) is 5.55. The van der Waals surface area contributed by atoms with Crippen LogP contribution in [0.15, 0.2) is 85.9 Å². The summed E-state index contributed by atoms with van der Waals surface area (Å²) in [5, 5.41) is 13.1. The van der Waals surface area contributed by atoms with Crippen molar-refractivity contribution in [3.8, 4) is 5.75 Å². The fraction of sp³-hybridized carbons (Fsp3) is 0.179. The van der Waals surface area contributed by atoms with Crippen molar-refractivity contribution in [1.82, 2.24) is 4.57 Å². The highest BCUT2D eigenvalue weighted by Crippen LogP contribution is 2.33. The standard InChI is InChI=1S/C28H23N3O8S3/c1-4-38-27(33)24-17(3)29-28-30(25(24)22-6-5-13-40-22)26(32)23(41-28)14-18-8-10-19(11-9-18)39-42(36,37)20-12-7-16(2)21(15-20)31(34)35/h5-15,25H,4H2,1-3H3/b23-14-/t25-/m1/s1. The van der Waals surface area contributed by atoms with Crippen LogP contribution in [0.3, 0.4) is 0 Å². The molecule has 1 aliphatic heterocycles. The number of thiophene rings is 1. The predicted octanol–water partition coefficient (Wildman–Crippen LogP) is 3.84. The maximum absolute atomic E-state index is 13.6. The van der Waals surface area contributed by atoms with Gasteiger partial charge in [-0.15, -0.1) is 11.3 Å². The summed E-state index contributed by atoms with van der Waals surface area (Å²) in [6.07, 6.45) is 1.64. The molecule has 2 aromatic carbocycles. The number of nitro groups is 1. The number of ether oxygens (including phenoxy) is 1. The van der Waals surface area contributed by atoms with Crippen LogP contribution < -0.4 is 19.1 Å². The number of benzene rings is 2. The number of rotatable bonds is 8. The van der Waals surface area contributed by atoms with Crippen molar-refractivity contribution in [1.29, 1.82) is 0 Å². The van der Waals surface area contributed by atoms with Crippen LogP contribution in [-0.4, -0.2) is 30.5 Å². The Hall–Kier alpha value is -4.40. The van der Waals surface area contributed by atoms with Gasteiger partial charge < -0.3 is 8.92 Å². The SMILES string of the molecule is CCOC(=O)C1=C(C)N=c2s/c(=C\c3ccc(OS(=O)(=O)c4ccc(C)c([N+](=O)[O-])c4)cc3)c(=O)n2[C@@H]1c1cccs1. The van der Waals surface area contributed by atoms with E-state index in [0.717, 1.165) is 10.9 Å². The van der Waals surface area contributed by atoms with Gasteiger partial charge in [0.2, 0.25) is 0 Å². The molecule has 0 aliphatic carbocycles. The number of hydrogen-bond acceptors (Lipinski definition) is 11. The number of carbonyl (C=O) groups is 1. The van der Waals surface area contributed by atoms with Gasteiger partial charge in [0.25, 0.3) is 11.2 Å². The second-order valence-corrected chi connectivity index (χ2v) is 12.7. The lowest BCUT2D eigenvalue weighted by Crippen LogP contribution is -2.39. The Bertz CT molecular complexity index is 2020. The topological polar surface area (TPSA) is 147 Å². The molecule has 14 heteroatoms. The zero-order valence-electron chi connectivity index (χ0n) is 22.5. The third-order valence-corrected chi connectivity index (χ3v) is 9.53. The van der Waals surface area contributed by atoms with Crippen molar-refractivity contribution >= 4 is 50.5 Å². The lowest BCUT2D eigenvalue weighted by molar-refractivity contribution is -0.385. The van der Waals surface area contributed by atoms with E-state index in [1.165, 1.54) is 58.4 Å². The summed E-state index contributed by atoms with van der Waals surface area (Å²) in [5.74, 6) is -0.540. The van der Waals surface area contributed by atoms with Gasteiger partial charge in [-0.3, -0.25) is 19.5 Å². The van der Waals surface area contributed by atoms with Crippen molar-refractivity contribution in [2.45, 2.75) is 31.7 Å². The number of thiazole rings is 1. The van der Waals surface area contributed by atoms with Gasteiger partial charge in [0.1, 0.15) is 16.7 Å². The largest absolute Gasteiger partial charge is 0.463 e. The molecule has 0 unspecified atom stereocenters. The van der Waals surface area contributed by atoms with Crippen LogP contribution in [-0.2, 0) is 19.6 Å². The number of aryl methyl sites for hydroxylation is 1. The minimum absolute atomic E-state index is 0.00997. The average Bonchev–Trinajstić information content (AvgIpc) is 3.57. The highest BCUT2D eigenvalue weighted by Gasteiger charge is 2.34. The molecule has 0 amide bonds. The summed E-state index contributed by atoms with van der Waals surface area (Å²) in [6, 6.07) is 12.5. The Morgan fingerprint density at radius 2 is 1.90 bits per heavy atom. The van der Waals surface area contributed by atoms with Crippen molar-refractivity contribution in [2.24, 2.45) is 4.99 Å². The molecule has 3 heterocycles. The minimum atomic E-state index is -4.34. The van der Waals surface area contributed by atoms with Crippen LogP contribution in [0.25, 0.3) is 6.08 Å². The van der Waals surface area contributed by atoms with E-state index in [2.05, 4.69) is 4.99 Å². The van der Waals surface area contributed by atoms with Crippen LogP contribution in [0.5, 0.6) is 5.75 Å². The number of allylic oxidation sites excluding steroid dienone is 1. The van der Waals surface area contributed by atoms with Crippen molar-refractivity contribution in [3.63, 3.8) is 0 Å². The van der Waals surface area contributed by atoms with Gasteiger partial charge in [-0.25, -0.2) is 9.79 Å². The summed E-state index contributed by atoms with van der Waals surface area (Å²) in [4.78, 5) is 42.5. The Balaban J connectivity index is 1.47. The molecule has 0 fully saturated rings. The van der Waals surface area contributed by atoms with E-state index < -0.39 is 27.1 Å². The van der Waals surface area contributed by atoms with Crippen LogP contribution in [0.2, 0.25) is 0 Å². The first-order chi connectivity index (χ1) is 20.0. The number of aromatic nitrogens is 1. The molecule has 0 spiro atoms. The molecule has 0 saturated heterocycles. The zero-order valence-corrected chi connectivity index (χ0v) is 24.9. The van der Waals surface area contributed by atoms with Gasteiger partial charge in [0, 0.05) is 16.5 Å². The molecule has 42 heavy (non-hydrogen) atoms. The number of nitrogens with zero attached hydrogens (tertiary/aromatic N) is 3. The highest BCUT2D eigenvalue weighted by atomic mass is 32.2. The first-order valence-electron chi connectivity index (χ1n) is 12.5. The van der Waals surface area contributed by atoms with Crippen LogP contribution in [0.1, 0.15) is 35.9 Å². The van der Waals surface area contributed by atoms with Crippen LogP contribution in [0, 0.1) is 17.0 Å². The molecular formula is C28H23N3O8S3. The van der Waals surface area contributed by atoms with Crippen molar-refractivity contribution in [2.75, 3.05) is 6.61 Å². The number of hydrogen-bond donors (Lipinski definition) is 0. The van der Waals surface area contributed by atoms with Gasteiger partial charge in [-0.05, 0) is 62.1 Å². The molecule has 1 aliphatic rings. The van der Waals surface area contributed by atoms with Crippen LogP contribution in [0.4, 0.5) is 5.69 Å². The molecule has 0 saturated carbocycles. The Morgan fingerprint density at radius 1 is 1.17 bits per heavy atom. The minimum Gasteiger partial charge on any atom is -0.463 e. The number of esters is 1. The Kier molecular flexibility index (Phi) is 7.95. The number of carbonyl (C=O) groups excluding carboxylic acids is 1. The van der Waals surface area contributed by atoms with E-state index in [9.17, 15) is 28.1 Å². The third-order valence-electron chi connectivity index (χ3n) is 6.38. The fourth-order valence-electron chi connectivity index (χ4n) is 4.39. The summed E-state index contributed by atoms with van der Waals surface area (Å²) >= 11 is 2.59. The number of fused-ring (bicyclic) bond motifs is 1. The maximum atomic E-state index is 13.6. The van der Waals surface area contributed by atoms with Crippen LogP contribution >= 0.6 is 22.7 Å². The molecule has 1 atom stereocenters. The molecule has 0 radical (unpaired) electrons. The molecular weight excluding hydrogens is 603 g/mol. The van der Waals surface area contributed by atoms with Crippen molar-refractivity contribution in [3.05, 3.63) is 117 Å². The van der Waals surface area contributed by atoms with Gasteiger partial charge in [0.05, 0.1) is 27.3 Å². The Labute approximate surface area is 247 Å². The molecule has 5 rings (SSSR count). The fourth-order valence-corrected chi connectivity index (χ4v) is 7.22. The molecule has 11 nitrogen and oxygen atoms in total. The summed E-state index contributed by atoms with van der Waals surface area (Å²) in [7, 11) is -4.34. The van der Waals surface area contributed by atoms with E-state index in [-0.39, 0.29) is 28.5 Å². The van der Waals surface area contributed by atoms with E-state index in [1.54, 1.807) is 32.1 Å². The van der Waals surface area contributed by atoms with E-state index in [1.807, 2.05) is 17.5 Å². The smallest absolute Gasteiger partial charge is 0.339 e. The Morgan fingerprint density at radius 3 is 2.55 bits per heavy atom. The second kappa shape index (κ2) is 11.5. The highest BCUT2D eigenvalue weighted by molar-refractivity contribution is 7.87. The van der Waals surface area contributed by atoms with E-state index in [4.69, 9.17) is 8.92 Å². The van der Waals surface area contributed by atoms with E-state index in [0.29, 0.717) is 31.7 Å². The second-order valence-electron chi connectivity index (χ2n) is 9.13. The van der Waals surface area contributed by atoms with Gasteiger partial charge in [0.15, 0.2) is 4.80 Å². The predicted molar refractivity (Wildman–Crippen MR) is 157 cm³/mol. The van der Waals surface area contributed by atoms with Crippen molar-refractivity contribution < 1.29 is 27.1 Å². The van der Waals surface area contributed by atoms with Gasteiger partial charge in [-0.1, -0.05) is 35.6 Å². The van der Waals surface area contributed by atoms with Gasteiger partial charge in [-0.2, -0.15) is 8.42 Å². The molecule has 0 bridgehead atoms. The lowest BCUT2D eigenvalue weighted by atomic mass is 10.0. The van der Waals surface area contributed by atoms with Gasteiger partial charge >= 0.3 is 16.1 Å².